The number of anilines is 1. The Morgan fingerprint density at radius 1 is 1.09 bits per heavy atom. The fraction of sp³-hybridized carbons (Fsp3) is 0.167. The standard InChI is InChI=1S/C18H18N4O/c1-12(17-20-18(19)22(2)21-17)14-9-6-10-15(11-14)16(23)13-7-4-3-5-8-13/h3-12H,1-2H3,(H2,19,20,21). The number of carbonyl (C=O) groups is 1. The van der Waals surface area contributed by atoms with Crippen LogP contribution in [-0.2, 0) is 7.05 Å². The quantitative estimate of drug-likeness (QED) is 0.752. The van der Waals surface area contributed by atoms with E-state index in [1.54, 1.807) is 11.7 Å². The second-order valence-electron chi connectivity index (χ2n) is 5.49. The first-order chi connectivity index (χ1) is 11.1. The first-order valence-electron chi connectivity index (χ1n) is 7.42. The maximum atomic E-state index is 12.6. The van der Waals surface area contributed by atoms with Gasteiger partial charge in [-0.15, -0.1) is 0 Å². The SMILES string of the molecule is CC(c1cccc(C(=O)c2ccccc2)c1)c1nc(N)n(C)n1. The first-order valence-corrected chi connectivity index (χ1v) is 7.42. The van der Waals surface area contributed by atoms with E-state index in [-0.39, 0.29) is 11.7 Å². The van der Waals surface area contributed by atoms with Crippen molar-refractivity contribution in [2.75, 3.05) is 5.73 Å². The minimum Gasteiger partial charge on any atom is -0.368 e. The molecule has 0 amide bonds. The van der Waals surface area contributed by atoms with E-state index in [1.165, 1.54) is 0 Å². The Balaban J connectivity index is 1.92. The molecule has 0 aliphatic carbocycles. The maximum Gasteiger partial charge on any atom is 0.218 e. The monoisotopic (exact) mass is 306 g/mol. The van der Waals surface area contributed by atoms with Crippen molar-refractivity contribution in [3.8, 4) is 0 Å². The number of nitrogens with two attached hydrogens (primary N) is 1. The normalized spacial score (nSPS) is 12.1. The molecule has 0 aliphatic rings. The summed E-state index contributed by atoms with van der Waals surface area (Å²) in [5, 5.41) is 4.31. The number of nitrogen functional groups attached to an aromatic ring is 1. The molecule has 1 aromatic heterocycles. The Bertz CT molecular complexity index is 820. The van der Waals surface area contributed by atoms with Crippen molar-refractivity contribution in [1.29, 1.82) is 0 Å². The van der Waals surface area contributed by atoms with Crippen molar-refractivity contribution in [2.45, 2.75) is 12.8 Å². The number of carbonyl (C=O) groups excluding carboxylic acids is 1. The maximum absolute atomic E-state index is 12.6. The predicted octanol–water partition coefficient (Wildman–Crippen LogP) is 2.78. The van der Waals surface area contributed by atoms with Crippen LogP contribution < -0.4 is 5.73 Å². The molecule has 0 fully saturated rings. The van der Waals surface area contributed by atoms with Crippen LogP contribution in [0.5, 0.6) is 0 Å². The van der Waals surface area contributed by atoms with E-state index in [4.69, 9.17) is 5.73 Å². The van der Waals surface area contributed by atoms with Crippen molar-refractivity contribution in [1.82, 2.24) is 14.8 Å². The average Bonchev–Trinajstić information content (AvgIpc) is 2.93. The van der Waals surface area contributed by atoms with Crippen LogP contribution in [-0.4, -0.2) is 20.5 Å². The van der Waals surface area contributed by atoms with Gasteiger partial charge in [0, 0.05) is 24.1 Å². The van der Waals surface area contributed by atoms with Gasteiger partial charge in [0.05, 0.1) is 0 Å². The van der Waals surface area contributed by atoms with Crippen molar-refractivity contribution < 1.29 is 4.79 Å². The molecule has 1 heterocycles. The minimum absolute atomic E-state index is 0.00754. The molecule has 5 nitrogen and oxygen atoms in total. The van der Waals surface area contributed by atoms with Gasteiger partial charge in [-0.25, -0.2) is 4.68 Å². The lowest BCUT2D eigenvalue weighted by molar-refractivity contribution is 0.103. The highest BCUT2D eigenvalue weighted by atomic mass is 16.1. The van der Waals surface area contributed by atoms with E-state index in [0.717, 1.165) is 5.56 Å². The van der Waals surface area contributed by atoms with E-state index >= 15 is 0 Å². The zero-order chi connectivity index (χ0) is 16.4. The fourth-order valence-electron chi connectivity index (χ4n) is 2.45. The molecular weight excluding hydrogens is 288 g/mol. The molecule has 1 unspecified atom stereocenters. The number of ketones is 1. The number of nitrogens with zero attached hydrogens (tertiary/aromatic N) is 3. The molecule has 0 spiro atoms. The number of hydrogen-bond donors (Lipinski definition) is 1. The van der Waals surface area contributed by atoms with Gasteiger partial charge in [0.25, 0.3) is 0 Å². The molecule has 5 heteroatoms. The minimum atomic E-state index is -0.0398. The smallest absolute Gasteiger partial charge is 0.218 e. The number of benzene rings is 2. The zero-order valence-electron chi connectivity index (χ0n) is 13.1. The number of hydrogen-bond acceptors (Lipinski definition) is 4. The largest absolute Gasteiger partial charge is 0.368 e. The summed E-state index contributed by atoms with van der Waals surface area (Å²) < 4.78 is 1.55. The lowest BCUT2D eigenvalue weighted by atomic mass is 9.95. The van der Waals surface area contributed by atoms with Gasteiger partial charge in [-0.05, 0) is 11.6 Å². The summed E-state index contributed by atoms with van der Waals surface area (Å²) in [5.74, 6) is 0.993. The predicted molar refractivity (Wildman–Crippen MR) is 89.2 cm³/mol. The van der Waals surface area contributed by atoms with Gasteiger partial charge in [0.15, 0.2) is 11.6 Å². The van der Waals surface area contributed by atoms with E-state index in [1.807, 2.05) is 61.5 Å². The Hall–Kier alpha value is -2.95. The highest BCUT2D eigenvalue weighted by molar-refractivity contribution is 6.09. The molecule has 0 radical (unpaired) electrons. The number of rotatable bonds is 4. The van der Waals surface area contributed by atoms with Gasteiger partial charge in [0.1, 0.15) is 0 Å². The average molecular weight is 306 g/mol. The molecular formula is C18H18N4O. The third-order valence-electron chi connectivity index (χ3n) is 3.89. The van der Waals surface area contributed by atoms with Crippen molar-refractivity contribution in [2.24, 2.45) is 7.05 Å². The zero-order valence-corrected chi connectivity index (χ0v) is 13.1. The van der Waals surface area contributed by atoms with E-state index in [0.29, 0.717) is 22.9 Å². The Labute approximate surface area is 134 Å². The summed E-state index contributed by atoms with van der Waals surface area (Å²) in [6, 6.07) is 16.8. The highest BCUT2D eigenvalue weighted by Crippen LogP contribution is 2.23. The second kappa shape index (κ2) is 6.04. The van der Waals surface area contributed by atoms with Gasteiger partial charge in [-0.2, -0.15) is 10.1 Å². The molecule has 1 atom stereocenters. The van der Waals surface area contributed by atoms with E-state index < -0.39 is 0 Å². The third kappa shape index (κ3) is 2.99. The summed E-state index contributed by atoms with van der Waals surface area (Å²) in [4.78, 5) is 16.8. The van der Waals surface area contributed by atoms with E-state index in [2.05, 4.69) is 10.1 Å². The summed E-state index contributed by atoms with van der Waals surface area (Å²) in [6.45, 7) is 2.00. The molecule has 0 aliphatic heterocycles. The molecule has 23 heavy (non-hydrogen) atoms. The summed E-state index contributed by atoms with van der Waals surface area (Å²) in [5.41, 5.74) is 8.06. The van der Waals surface area contributed by atoms with Crippen molar-refractivity contribution in [3.05, 3.63) is 77.1 Å². The summed E-state index contributed by atoms with van der Waals surface area (Å²) >= 11 is 0. The first kappa shape index (κ1) is 15.0. The third-order valence-corrected chi connectivity index (χ3v) is 3.89. The molecule has 3 rings (SSSR count). The Morgan fingerprint density at radius 2 is 1.78 bits per heavy atom. The Kier molecular flexibility index (Phi) is 3.93. The molecule has 3 aromatic rings. The molecule has 116 valence electrons. The molecule has 0 bridgehead atoms. The van der Waals surface area contributed by atoms with Crippen molar-refractivity contribution >= 4 is 11.7 Å². The van der Waals surface area contributed by atoms with Crippen LogP contribution in [0.15, 0.2) is 54.6 Å². The van der Waals surface area contributed by atoms with Gasteiger partial charge < -0.3 is 5.73 Å². The number of aryl methyl sites for hydroxylation is 1. The van der Waals surface area contributed by atoms with Crippen LogP contribution in [0.2, 0.25) is 0 Å². The fourth-order valence-corrected chi connectivity index (χ4v) is 2.45. The van der Waals surface area contributed by atoms with Crippen LogP contribution in [0.1, 0.15) is 40.2 Å². The van der Waals surface area contributed by atoms with Gasteiger partial charge >= 0.3 is 0 Å². The topological polar surface area (TPSA) is 73.8 Å². The molecule has 2 N–H and O–H groups in total. The van der Waals surface area contributed by atoms with Crippen LogP contribution in [0.3, 0.4) is 0 Å². The Morgan fingerprint density at radius 3 is 2.43 bits per heavy atom. The summed E-state index contributed by atoms with van der Waals surface area (Å²) in [6.07, 6.45) is 0. The van der Waals surface area contributed by atoms with Crippen molar-refractivity contribution in [3.63, 3.8) is 0 Å². The molecule has 0 saturated carbocycles. The van der Waals surface area contributed by atoms with Gasteiger partial charge in [0.2, 0.25) is 5.95 Å². The summed E-state index contributed by atoms with van der Waals surface area (Å²) in [7, 11) is 1.76. The van der Waals surface area contributed by atoms with Gasteiger partial charge in [-0.1, -0.05) is 55.5 Å². The molecule has 0 saturated heterocycles. The second-order valence-corrected chi connectivity index (χ2v) is 5.49. The van der Waals surface area contributed by atoms with Crippen LogP contribution in [0.25, 0.3) is 0 Å². The van der Waals surface area contributed by atoms with E-state index in [9.17, 15) is 4.79 Å². The lowest BCUT2D eigenvalue weighted by Crippen LogP contribution is -2.04. The van der Waals surface area contributed by atoms with Crippen LogP contribution in [0.4, 0.5) is 5.95 Å². The molecule has 2 aromatic carbocycles. The van der Waals surface area contributed by atoms with Crippen LogP contribution in [0, 0.1) is 0 Å². The lowest BCUT2D eigenvalue weighted by Gasteiger charge is -2.09. The van der Waals surface area contributed by atoms with Crippen LogP contribution >= 0.6 is 0 Å². The number of aromatic nitrogens is 3. The highest BCUT2D eigenvalue weighted by Gasteiger charge is 2.17. The van der Waals surface area contributed by atoms with Gasteiger partial charge in [-0.3, -0.25) is 4.79 Å².